The molecular formula is C2H6N2. The second kappa shape index (κ2) is 0.875. The summed E-state index contributed by atoms with van der Waals surface area (Å²) in [4.78, 5) is 0. The molecule has 0 saturated heterocycles. The Morgan fingerprint density at radius 2 is 2.00 bits per heavy atom. The van der Waals surface area contributed by atoms with Gasteiger partial charge in [-0.3, -0.25) is 5.41 Å². The van der Waals surface area contributed by atoms with E-state index >= 15 is 0 Å². The van der Waals surface area contributed by atoms with E-state index < -0.39 is 0 Å². The van der Waals surface area contributed by atoms with Crippen LogP contribution in [-0.2, 0) is 0 Å². The van der Waals surface area contributed by atoms with Gasteiger partial charge in [-0.05, 0) is 6.92 Å². The Labute approximate surface area is 25.1 Å². The van der Waals surface area contributed by atoms with Crippen LogP contribution in [0.25, 0.3) is 0 Å². The largest absolute Gasteiger partial charge is 0.388 e. The van der Waals surface area contributed by atoms with Gasteiger partial charge in [-0.1, -0.05) is 0 Å². The van der Waals surface area contributed by atoms with Crippen LogP contribution in [0.1, 0.15) is 6.92 Å². The van der Waals surface area contributed by atoms with Crippen LogP contribution in [0.5, 0.6) is 0 Å². The molecule has 0 fully saturated rings. The molecule has 4 heavy (non-hydrogen) atoms. The van der Waals surface area contributed by atoms with Crippen LogP contribution in [0, 0.1) is 5.41 Å². The third-order valence-electron chi connectivity index (χ3n) is 0. The fourth-order valence-electron chi connectivity index (χ4n) is 0. The van der Waals surface area contributed by atoms with Gasteiger partial charge >= 0.3 is 0 Å². The van der Waals surface area contributed by atoms with E-state index in [9.17, 15) is 0 Å². The van der Waals surface area contributed by atoms with Crippen molar-refractivity contribution < 1.29 is 0 Å². The summed E-state index contributed by atoms with van der Waals surface area (Å²) in [6, 6.07) is 0. The summed E-state index contributed by atoms with van der Waals surface area (Å²) in [7, 11) is 0. The predicted molar refractivity (Wildman–Crippen MR) is 17.6 cm³/mol. The highest BCUT2D eigenvalue weighted by atomic mass is 15.4. The highest BCUT2D eigenvalue weighted by Gasteiger charge is 1.53. The van der Waals surface area contributed by atoms with Crippen LogP contribution in [0.2, 0.25) is 0 Å². The molecule has 24 valence electrons. The quantitative estimate of drug-likeness (QED) is 0.298. The first-order valence-electron chi connectivity index (χ1n) is 1.04. The molecule has 0 aliphatic heterocycles. The Hall–Kier alpha value is -0.530. The smallest absolute Gasteiger partial charge is 0.0873 e. The molecule has 0 amide bonds. The fourth-order valence-corrected chi connectivity index (χ4v) is 0. The molecule has 0 saturated carbocycles. The number of hydrogen-bond donors (Lipinski definition) is 2. The maximum atomic E-state index is 6.28. The minimum absolute atomic E-state index is 0.167. The molecule has 3 N–H and O–H groups in total. The maximum absolute atomic E-state index is 6.28. The Kier molecular flexibility index (Phi) is 0.759. The van der Waals surface area contributed by atoms with Crippen molar-refractivity contribution in [1.82, 2.24) is 0 Å². The molecule has 0 aromatic rings. The number of rotatable bonds is 0. The topological polar surface area (TPSA) is 49.9 Å². The van der Waals surface area contributed by atoms with E-state index in [1.54, 1.807) is 0 Å². The Morgan fingerprint density at radius 1 is 2.00 bits per heavy atom. The predicted octanol–water partition coefficient (Wildman–Crippen LogP) is -0.0577. The van der Waals surface area contributed by atoms with Gasteiger partial charge in [0.2, 0.25) is 0 Å². The fraction of sp³-hybridized carbons (Fsp3) is 0.500. The van der Waals surface area contributed by atoms with Crippen LogP contribution in [-0.4, -0.2) is 5.84 Å². The highest BCUT2D eigenvalue weighted by molar-refractivity contribution is 5.73. The van der Waals surface area contributed by atoms with Gasteiger partial charge < -0.3 is 5.73 Å². The van der Waals surface area contributed by atoms with Gasteiger partial charge in [0.15, 0.2) is 0 Å². The molecule has 0 unspecified atom stereocenters. The number of nitrogens with two attached hydrogens (primary N) is 1. The summed E-state index contributed by atoms with van der Waals surface area (Å²) in [6.45, 7) is 1.53. The van der Waals surface area contributed by atoms with Gasteiger partial charge in [-0.25, -0.2) is 0 Å². The van der Waals surface area contributed by atoms with Crippen molar-refractivity contribution in [2.24, 2.45) is 5.73 Å². The van der Waals surface area contributed by atoms with Crippen molar-refractivity contribution in [3.8, 4) is 0 Å². The summed E-state index contributed by atoms with van der Waals surface area (Å²) < 4.78 is 0. The molecule has 2 heteroatoms. The third-order valence-corrected chi connectivity index (χ3v) is 0. The van der Waals surface area contributed by atoms with Crippen LogP contribution in [0.4, 0.5) is 0 Å². The molecule has 0 bridgehead atoms. The van der Waals surface area contributed by atoms with Gasteiger partial charge in [0, 0.05) is 0 Å². The lowest BCUT2D eigenvalue weighted by Crippen LogP contribution is -2.00. The number of hydrogen-bond acceptors (Lipinski definition) is 1. The lowest BCUT2D eigenvalue weighted by molar-refractivity contribution is 1.42. The zero-order valence-electron chi connectivity index (χ0n) is 2.58. The van der Waals surface area contributed by atoms with Gasteiger partial charge in [0.05, 0.1) is 5.84 Å². The van der Waals surface area contributed by atoms with E-state index in [1.165, 1.54) is 6.92 Å². The highest BCUT2D eigenvalue weighted by Crippen LogP contribution is 1.36. The van der Waals surface area contributed by atoms with Crippen LogP contribution in [0.15, 0.2) is 0 Å². The van der Waals surface area contributed by atoms with Crippen molar-refractivity contribution in [2.45, 2.75) is 6.92 Å². The average molecular weight is 60.1 g/mol. The standard InChI is InChI=1S/C2H6N2/c1-2(3)4/h1H3,(H3,3,4)/i2+2. The Balaban J connectivity index is 2.80. The van der Waals surface area contributed by atoms with Gasteiger partial charge in [-0.2, -0.15) is 0 Å². The van der Waals surface area contributed by atoms with E-state index in [0.717, 1.165) is 0 Å². The summed E-state index contributed by atoms with van der Waals surface area (Å²) in [5.74, 6) is 0.167. The zero-order valence-corrected chi connectivity index (χ0v) is 2.58. The minimum atomic E-state index is 0.167. The first kappa shape index (κ1) is 3.47. The summed E-state index contributed by atoms with van der Waals surface area (Å²) in [5, 5.41) is 6.28. The first-order valence-corrected chi connectivity index (χ1v) is 1.04. The monoisotopic (exact) mass is 60.1 g/mol. The van der Waals surface area contributed by atoms with Gasteiger partial charge in [-0.15, -0.1) is 0 Å². The second-order valence-corrected chi connectivity index (χ2v) is 0.683. The molecule has 0 aliphatic rings. The molecule has 0 radical (unpaired) electrons. The van der Waals surface area contributed by atoms with Crippen LogP contribution >= 0.6 is 0 Å². The first-order chi connectivity index (χ1) is 1.73. The maximum Gasteiger partial charge on any atom is 0.0873 e. The number of nitrogens with one attached hydrogen (secondary N) is 1. The third kappa shape index (κ3) is 1.16. The molecule has 0 heterocycles. The van der Waals surface area contributed by atoms with E-state index in [2.05, 4.69) is 0 Å². The van der Waals surface area contributed by atoms with E-state index in [-0.39, 0.29) is 5.84 Å². The van der Waals surface area contributed by atoms with E-state index in [4.69, 9.17) is 11.1 Å². The summed E-state index contributed by atoms with van der Waals surface area (Å²) in [6.07, 6.45) is 0. The van der Waals surface area contributed by atoms with Crippen molar-refractivity contribution in [2.75, 3.05) is 0 Å². The van der Waals surface area contributed by atoms with Crippen molar-refractivity contribution in [3.05, 3.63) is 0 Å². The summed E-state index contributed by atoms with van der Waals surface area (Å²) >= 11 is 0. The normalized spacial score (nSPS) is 6.25. The van der Waals surface area contributed by atoms with Crippen molar-refractivity contribution in [3.63, 3.8) is 0 Å². The SMILES string of the molecule is C[14C](=N)N. The Bertz CT molecular complexity index is 27.0. The van der Waals surface area contributed by atoms with Gasteiger partial charge in [0.25, 0.3) is 0 Å². The molecule has 0 atom stereocenters. The molecule has 0 aromatic heterocycles. The van der Waals surface area contributed by atoms with Crippen LogP contribution < -0.4 is 5.73 Å². The molecule has 0 aromatic carbocycles. The lowest BCUT2D eigenvalue weighted by atomic mass is 11.5. The Morgan fingerprint density at radius 3 is 2.00 bits per heavy atom. The van der Waals surface area contributed by atoms with Crippen molar-refractivity contribution in [1.29, 1.82) is 5.41 Å². The second-order valence-electron chi connectivity index (χ2n) is 0.683. The lowest BCUT2D eigenvalue weighted by Gasteiger charge is -1.66. The van der Waals surface area contributed by atoms with E-state index in [1.807, 2.05) is 0 Å². The number of amidine groups is 1. The van der Waals surface area contributed by atoms with Crippen molar-refractivity contribution >= 4 is 5.84 Å². The molecule has 0 spiro atoms. The summed E-state index contributed by atoms with van der Waals surface area (Å²) in [5.41, 5.74) is 4.69. The molecule has 0 aliphatic carbocycles. The average Bonchev–Trinajstić information content (AvgIpc) is 0.811. The van der Waals surface area contributed by atoms with Crippen LogP contribution in [0.3, 0.4) is 0 Å². The molecular weight excluding hydrogens is 54.0 g/mol. The molecule has 2 nitrogen and oxygen atoms in total. The van der Waals surface area contributed by atoms with E-state index in [0.29, 0.717) is 0 Å². The minimum Gasteiger partial charge on any atom is -0.388 e. The molecule has 0 rings (SSSR count). The van der Waals surface area contributed by atoms with Gasteiger partial charge in [0.1, 0.15) is 0 Å². The zero-order chi connectivity index (χ0) is 3.58.